The predicted octanol–water partition coefficient (Wildman–Crippen LogP) is 2.07. The number of allylic oxidation sites excluding steroid dienone is 1. The van der Waals surface area contributed by atoms with Crippen LogP contribution in [-0.2, 0) is 4.79 Å². The predicted molar refractivity (Wildman–Crippen MR) is 95.5 cm³/mol. The highest BCUT2D eigenvalue weighted by Gasteiger charge is 2.32. The molecule has 0 aromatic heterocycles. The fourth-order valence-corrected chi connectivity index (χ4v) is 2.69. The zero-order valence-electron chi connectivity index (χ0n) is 14.0. The van der Waals surface area contributed by atoms with E-state index in [2.05, 4.69) is 0 Å². The molecule has 24 heavy (non-hydrogen) atoms. The third-order valence-corrected chi connectivity index (χ3v) is 4.32. The Bertz CT molecular complexity index is 710. The lowest BCUT2D eigenvalue weighted by Crippen LogP contribution is -2.46. The molecule has 1 unspecified atom stereocenters. The minimum Gasteiger partial charge on any atom is -0.321 e. The molecular weight excluding hydrogens is 328 g/mol. The number of fused-ring (bicyclic) bond motifs is 1. The molecule has 0 radical (unpaired) electrons. The Morgan fingerprint density at radius 3 is 2.04 bits per heavy atom. The zero-order chi connectivity index (χ0) is 17.3. The monoisotopic (exact) mass is 350 g/mol. The van der Waals surface area contributed by atoms with Crippen LogP contribution in [0.4, 0.5) is 0 Å². The molecule has 0 heterocycles. The van der Waals surface area contributed by atoms with E-state index in [1.807, 2.05) is 13.8 Å². The number of nitrogens with two attached hydrogens (primary N) is 2. The minimum atomic E-state index is -0.889. The summed E-state index contributed by atoms with van der Waals surface area (Å²) < 4.78 is 0. The molecule has 5 nitrogen and oxygen atoms in total. The van der Waals surface area contributed by atoms with Gasteiger partial charge in [-0.15, -0.1) is 12.4 Å². The van der Waals surface area contributed by atoms with Crippen molar-refractivity contribution in [2.45, 2.75) is 39.3 Å². The maximum absolute atomic E-state index is 12.6. The Hall–Kier alpha value is -1.82. The fraction of sp³-hybridized carbons (Fsp3) is 0.389. The number of carbonyl (C=O) groups excluding carboxylic acids is 3. The molecule has 0 amide bonds. The van der Waals surface area contributed by atoms with Gasteiger partial charge >= 0.3 is 0 Å². The lowest BCUT2D eigenvalue weighted by molar-refractivity contribution is -0.122. The van der Waals surface area contributed by atoms with Crippen LogP contribution in [0.15, 0.2) is 35.4 Å². The second-order valence-corrected chi connectivity index (χ2v) is 6.29. The van der Waals surface area contributed by atoms with Crippen LogP contribution in [0.5, 0.6) is 0 Å². The summed E-state index contributed by atoms with van der Waals surface area (Å²) in [4.78, 5) is 37.3. The maximum Gasteiger partial charge on any atom is 0.190 e. The molecule has 0 saturated carbocycles. The first-order valence-corrected chi connectivity index (χ1v) is 7.68. The summed E-state index contributed by atoms with van der Waals surface area (Å²) in [6.07, 6.45) is 0.0317. The average Bonchev–Trinajstić information content (AvgIpc) is 2.54. The van der Waals surface area contributed by atoms with Crippen molar-refractivity contribution < 1.29 is 14.4 Å². The number of ketones is 3. The molecule has 1 aliphatic carbocycles. The molecule has 4 N–H and O–H groups in total. The molecule has 1 aromatic carbocycles. The second kappa shape index (κ2) is 7.83. The van der Waals surface area contributed by atoms with E-state index < -0.39 is 12.1 Å². The first-order chi connectivity index (χ1) is 10.8. The van der Waals surface area contributed by atoms with E-state index in [9.17, 15) is 14.4 Å². The van der Waals surface area contributed by atoms with Crippen molar-refractivity contribution in [2.75, 3.05) is 0 Å². The lowest BCUT2D eigenvalue weighted by atomic mass is 9.81. The number of carbonyl (C=O) groups is 3. The van der Waals surface area contributed by atoms with Crippen LogP contribution in [0, 0.1) is 5.92 Å². The molecular formula is C18H23ClN2O3. The van der Waals surface area contributed by atoms with E-state index in [0.29, 0.717) is 22.3 Å². The standard InChI is InChI=1S/C18H22N2O3.ClH/c1-9(2)15(20)18(23)14(19)8-13-10(3)16(21)11-6-4-5-7-12(11)17(13)22;/h4-7,9,14-15H,8,19-20H2,1-3H3;1H/t14?,15-;/m1./s1. The molecule has 0 aliphatic heterocycles. The Morgan fingerprint density at radius 1 is 1.04 bits per heavy atom. The fourth-order valence-electron chi connectivity index (χ4n) is 2.69. The Morgan fingerprint density at radius 2 is 1.54 bits per heavy atom. The lowest BCUT2D eigenvalue weighted by Gasteiger charge is -2.23. The number of halogens is 1. The van der Waals surface area contributed by atoms with Gasteiger partial charge in [0.05, 0.1) is 12.1 Å². The van der Waals surface area contributed by atoms with Crippen LogP contribution in [0.25, 0.3) is 0 Å². The molecule has 0 fully saturated rings. The number of rotatable bonds is 5. The van der Waals surface area contributed by atoms with Crippen molar-refractivity contribution in [3.05, 3.63) is 46.5 Å². The van der Waals surface area contributed by atoms with Crippen LogP contribution in [-0.4, -0.2) is 29.4 Å². The van der Waals surface area contributed by atoms with Gasteiger partial charge in [0, 0.05) is 22.3 Å². The van der Waals surface area contributed by atoms with Crippen LogP contribution in [0.3, 0.4) is 0 Å². The largest absolute Gasteiger partial charge is 0.321 e. The SMILES string of the molecule is CC1=C(CC(N)C(=O)[C@H](N)C(C)C)C(=O)c2ccccc2C1=O.Cl. The van der Waals surface area contributed by atoms with Gasteiger partial charge in [-0.2, -0.15) is 0 Å². The Labute approximate surface area is 147 Å². The average molecular weight is 351 g/mol. The summed E-state index contributed by atoms with van der Waals surface area (Å²) in [7, 11) is 0. The molecule has 130 valence electrons. The van der Waals surface area contributed by atoms with E-state index in [4.69, 9.17) is 11.5 Å². The van der Waals surface area contributed by atoms with Crippen molar-refractivity contribution in [2.24, 2.45) is 17.4 Å². The van der Waals surface area contributed by atoms with Crippen molar-refractivity contribution in [1.29, 1.82) is 0 Å². The summed E-state index contributed by atoms with van der Waals surface area (Å²) >= 11 is 0. The molecule has 0 bridgehead atoms. The zero-order valence-corrected chi connectivity index (χ0v) is 14.9. The van der Waals surface area contributed by atoms with E-state index in [1.54, 1.807) is 31.2 Å². The summed E-state index contributed by atoms with van der Waals surface area (Å²) in [5, 5.41) is 0. The third-order valence-electron chi connectivity index (χ3n) is 4.32. The molecule has 0 saturated heterocycles. The van der Waals surface area contributed by atoms with Crippen LogP contribution >= 0.6 is 12.4 Å². The number of Topliss-reactive ketones (excluding diaryl/α,β-unsaturated/α-hetero) is 3. The van der Waals surface area contributed by atoms with E-state index in [0.717, 1.165) is 0 Å². The summed E-state index contributed by atoms with van der Waals surface area (Å²) in [6, 6.07) is 5.12. The summed E-state index contributed by atoms with van der Waals surface area (Å²) in [5.41, 5.74) is 13.2. The second-order valence-electron chi connectivity index (χ2n) is 6.29. The van der Waals surface area contributed by atoms with Crippen LogP contribution < -0.4 is 11.5 Å². The van der Waals surface area contributed by atoms with Gasteiger partial charge in [-0.25, -0.2) is 0 Å². The normalized spacial score (nSPS) is 16.6. The molecule has 1 aliphatic rings. The summed E-state index contributed by atoms with van der Waals surface area (Å²) in [6.45, 7) is 5.28. The van der Waals surface area contributed by atoms with Gasteiger partial charge in [0.1, 0.15) is 0 Å². The Kier molecular flexibility index (Phi) is 6.60. The van der Waals surface area contributed by atoms with Crippen molar-refractivity contribution in [3.63, 3.8) is 0 Å². The van der Waals surface area contributed by atoms with Gasteiger partial charge in [0.2, 0.25) is 0 Å². The van der Waals surface area contributed by atoms with Gasteiger partial charge in [-0.1, -0.05) is 38.1 Å². The molecule has 0 spiro atoms. The minimum absolute atomic E-state index is 0. The third kappa shape index (κ3) is 3.64. The van der Waals surface area contributed by atoms with Gasteiger partial charge in [-0.3, -0.25) is 14.4 Å². The van der Waals surface area contributed by atoms with Gasteiger partial charge in [0.25, 0.3) is 0 Å². The molecule has 2 rings (SSSR count). The van der Waals surface area contributed by atoms with Crippen LogP contribution in [0.1, 0.15) is 47.9 Å². The highest BCUT2D eigenvalue weighted by atomic mass is 35.5. The molecule has 1 aromatic rings. The van der Waals surface area contributed by atoms with E-state index in [1.165, 1.54) is 0 Å². The molecule has 6 heteroatoms. The highest BCUT2D eigenvalue weighted by Crippen LogP contribution is 2.28. The number of hydrogen-bond donors (Lipinski definition) is 2. The molecule has 2 atom stereocenters. The van der Waals surface area contributed by atoms with Gasteiger partial charge in [-0.05, 0) is 19.3 Å². The van der Waals surface area contributed by atoms with Crippen LogP contribution in [0.2, 0.25) is 0 Å². The maximum atomic E-state index is 12.6. The van der Waals surface area contributed by atoms with Crippen molar-refractivity contribution >= 4 is 29.8 Å². The number of hydrogen-bond acceptors (Lipinski definition) is 5. The van der Waals surface area contributed by atoms with Gasteiger partial charge in [0.15, 0.2) is 17.3 Å². The number of benzene rings is 1. The quantitative estimate of drug-likeness (QED) is 0.846. The summed E-state index contributed by atoms with van der Waals surface area (Å²) in [5.74, 6) is -0.755. The topological polar surface area (TPSA) is 103 Å². The first-order valence-electron chi connectivity index (χ1n) is 7.68. The van der Waals surface area contributed by atoms with Crippen molar-refractivity contribution in [3.8, 4) is 0 Å². The van der Waals surface area contributed by atoms with E-state index in [-0.39, 0.29) is 42.1 Å². The van der Waals surface area contributed by atoms with Crippen molar-refractivity contribution in [1.82, 2.24) is 0 Å². The first kappa shape index (κ1) is 20.2. The van der Waals surface area contributed by atoms with E-state index >= 15 is 0 Å². The Balaban J connectivity index is 0.00000288. The smallest absolute Gasteiger partial charge is 0.190 e. The highest BCUT2D eigenvalue weighted by molar-refractivity contribution is 6.26. The van der Waals surface area contributed by atoms with Gasteiger partial charge < -0.3 is 11.5 Å².